The van der Waals surface area contributed by atoms with Gasteiger partial charge in [0.25, 0.3) is 5.89 Å². The van der Waals surface area contributed by atoms with Crippen LogP contribution in [0.1, 0.15) is 38.4 Å². The summed E-state index contributed by atoms with van der Waals surface area (Å²) in [7, 11) is 0. The average Bonchev–Trinajstić information content (AvgIpc) is 2.93. The van der Waals surface area contributed by atoms with Gasteiger partial charge in [0.1, 0.15) is 11.1 Å². The lowest BCUT2D eigenvalue weighted by atomic mass is 10.1. The van der Waals surface area contributed by atoms with Crippen LogP contribution >= 0.6 is 11.5 Å². The molecule has 0 amide bonds. The Morgan fingerprint density at radius 1 is 1.42 bits per heavy atom. The molecule has 0 bridgehead atoms. The van der Waals surface area contributed by atoms with Crippen molar-refractivity contribution in [3.63, 3.8) is 0 Å². The molecule has 0 aliphatic rings. The van der Waals surface area contributed by atoms with Gasteiger partial charge in [0.05, 0.1) is 11.3 Å². The van der Waals surface area contributed by atoms with Crippen LogP contribution < -0.4 is 5.73 Å². The molecule has 0 saturated heterocycles. The first kappa shape index (κ1) is 14.0. The summed E-state index contributed by atoms with van der Waals surface area (Å²) in [6, 6.07) is 0. The topological polar surface area (TPSA) is 87.1 Å². The molecule has 0 saturated carbocycles. The normalized spacial score (nSPS) is 13.1. The SMILES string of the molecule is CCOC(c1noc(-c2c(C)nsc2N)n1)C(C)C. The van der Waals surface area contributed by atoms with E-state index < -0.39 is 0 Å². The molecule has 0 spiro atoms. The molecule has 104 valence electrons. The summed E-state index contributed by atoms with van der Waals surface area (Å²) in [5.74, 6) is 1.23. The molecular weight excluding hydrogens is 264 g/mol. The molecule has 2 aromatic heterocycles. The number of rotatable bonds is 5. The Morgan fingerprint density at radius 2 is 2.16 bits per heavy atom. The molecule has 1 unspecified atom stereocenters. The van der Waals surface area contributed by atoms with Gasteiger partial charge in [0.15, 0.2) is 0 Å². The van der Waals surface area contributed by atoms with Crippen LogP contribution in [-0.2, 0) is 4.74 Å². The molecule has 0 radical (unpaired) electrons. The minimum atomic E-state index is -0.171. The Kier molecular flexibility index (Phi) is 4.16. The van der Waals surface area contributed by atoms with E-state index in [1.54, 1.807) is 0 Å². The maximum absolute atomic E-state index is 5.87. The van der Waals surface area contributed by atoms with Crippen molar-refractivity contribution in [1.82, 2.24) is 14.5 Å². The lowest BCUT2D eigenvalue weighted by Crippen LogP contribution is -2.12. The van der Waals surface area contributed by atoms with Crippen molar-refractivity contribution in [2.24, 2.45) is 5.92 Å². The summed E-state index contributed by atoms with van der Waals surface area (Å²) < 4.78 is 15.1. The van der Waals surface area contributed by atoms with E-state index in [9.17, 15) is 0 Å². The fraction of sp³-hybridized carbons (Fsp3) is 0.583. The second-order valence-electron chi connectivity index (χ2n) is 4.58. The number of hydrogen-bond acceptors (Lipinski definition) is 7. The van der Waals surface area contributed by atoms with E-state index in [1.807, 2.05) is 13.8 Å². The molecule has 19 heavy (non-hydrogen) atoms. The number of nitrogens with zero attached hydrogens (tertiary/aromatic N) is 3. The first-order chi connectivity index (χ1) is 9.04. The first-order valence-corrected chi connectivity index (χ1v) is 6.99. The zero-order chi connectivity index (χ0) is 14.0. The van der Waals surface area contributed by atoms with E-state index in [2.05, 4.69) is 28.4 Å². The number of aromatic nitrogens is 3. The molecular formula is C12H18N4O2S. The third kappa shape index (κ3) is 2.76. The minimum absolute atomic E-state index is 0.171. The monoisotopic (exact) mass is 282 g/mol. The van der Waals surface area contributed by atoms with Crippen molar-refractivity contribution in [3.05, 3.63) is 11.5 Å². The molecule has 0 fully saturated rings. The van der Waals surface area contributed by atoms with Gasteiger partial charge in [-0.2, -0.15) is 9.36 Å². The van der Waals surface area contributed by atoms with Crippen LogP contribution in [0.2, 0.25) is 0 Å². The standard InChI is InChI=1S/C12H18N4O2S/c1-5-17-9(6(2)3)11-14-12(18-15-11)8-7(4)16-19-10(8)13/h6,9H,5,13H2,1-4H3. The predicted octanol–water partition coefficient (Wildman–Crippen LogP) is 2.82. The third-order valence-electron chi connectivity index (χ3n) is 2.75. The number of ether oxygens (including phenoxy) is 1. The zero-order valence-electron chi connectivity index (χ0n) is 11.5. The molecule has 0 aliphatic carbocycles. The van der Waals surface area contributed by atoms with Gasteiger partial charge in [-0.05, 0) is 31.3 Å². The van der Waals surface area contributed by atoms with E-state index >= 15 is 0 Å². The lowest BCUT2D eigenvalue weighted by molar-refractivity contribution is 0.0217. The Morgan fingerprint density at radius 3 is 2.68 bits per heavy atom. The predicted molar refractivity (Wildman–Crippen MR) is 73.8 cm³/mol. The molecule has 0 aliphatic heterocycles. The van der Waals surface area contributed by atoms with Crippen LogP contribution in [0, 0.1) is 12.8 Å². The fourth-order valence-electron chi connectivity index (χ4n) is 1.84. The van der Waals surface area contributed by atoms with Crippen molar-refractivity contribution in [3.8, 4) is 11.5 Å². The molecule has 2 aromatic rings. The van der Waals surface area contributed by atoms with Gasteiger partial charge in [-0.25, -0.2) is 0 Å². The Hall–Kier alpha value is -1.47. The second-order valence-corrected chi connectivity index (χ2v) is 5.39. The van der Waals surface area contributed by atoms with E-state index in [-0.39, 0.29) is 12.0 Å². The van der Waals surface area contributed by atoms with Crippen LogP contribution in [0.3, 0.4) is 0 Å². The third-order valence-corrected chi connectivity index (χ3v) is 3.52. The molecule has 1 atom stereocenters. The zero-order valence-corrected chi connectivity index (χ0v) is 12.3. The Bertz CT molecular complexity index is 530. The summed E-state index contributed by atoms with van der Waals surface area (Å²) in [6.07, 6.45) is -0.171. The number of nitrogens with two attached hydrogens (primary N) is 1. The molecule has 2 heterocycles. The van der Waals surface area contributed by atoms with Crippen molar-refractivity contribution < 1.29 is 9.26 Å². The minimum Gasteiger partial charge on any atom is -0.389 e. The lowest BCUT2D eigenvalue weighted by Gasteiger charge is -2.16. The summed E-state index contributed by atoms with van der Waals surface area (Å²) in [4.78, 5) is 4.40. The van der Waals surface area contributed by atoms with Gasteiger partial charge in [-0.3, -0.25) is 0 Å². The first-order valence-electron chi connectivity index (χ1n) is 6.21. The van der Waals surface area contributed by atoms with Crippen LogP contribution in [0.15, 0.2) is 4.52 Å². The highest BCUT2D eigenvalue weighted by molar-refractivity contribution is 7.10. The molecule has 0 aromatic carbocycles. The number of hydrogen-bond donors (Lipinski definition) is 1. The van der Waals surface area contributed by atoms with Gasteiger partial charge >= 0.3 is 0 Å². The Labute approximate surface area is 116 Å². The summed E-state index contributed by atoms with van der Waals surface area (Å²) in [5.41, 5.74) is 7.40. The average molecular weight is 282 g/mol. The van der Waals surface area contributed by atoms with E-state index in [1.165, 1.54) is 11.5 Å². The molecule has 7 heteroatoms. The van der Waals surface area contributed by atoms with Crippen molar-refractivity contribution >= 4 is 16.5 Å². The molecule has 6 nitrogen and oxygen atoms in total. The number of aryl methyl sites for hydroxylation is 1. The largest absolute Gasteiger partial charge is 0.389 e. The van der Waals surface area contributed by atoms with Crippen LogP contribution in [-0.4, -0.2) is 21.1 Å². The number of nitrogen functional groups attached to an aromatic ring is 1. The van der Waals surface area contributed by atoms with E-state index in [0.717, 1.165) is 11.3 Å². The quantitative estimate of drug-likeness (QED) is 0.907. The van der Waals surface area contributed by atoms with Gasteiger partial charge in [0, 0.05) is 6.61 Å². The van der Waals surface area contributed by atoms with Crippen LogP contribution in [0.5, 0.6) is 0 Å². The van der Waals surface area contributed by atoms with E-state index in [4.69, 9.17) is 15.0 Å². The summed E-state index contributed by atoms with van der Waals surface area (Å²) >= 11 is 1.23. The smallest absolute Gasteiger partial charge is 0.262 e. The van der Waals surface area contributed by atoms with E-state index in [0.29, 0.717) is 23.3 Å². The van der Waals surface area contributed by atoms with Gasteiger partial charge < -0.3 is 15.0 Å². The van der Waals surface area contributed by atoms with Crippen molar-refractivity contribution in [2.75, 3.05) is 12.3 Å². The van der Waals surface area contributed by atoms with Crippen molar-refractivity contribution in [2.45, 2.75) is 33.8 Å². The summed E-state index contributed by atoms with van der Waals surface area (Å²) in [6.45, 7) is 8.54. The van der Waals surface area contributed by atoms with Gasteiger partial charge in [-0.1, -0.05) is 19.0 Å². The van der Waals surface area contributed by atoms with Crippen LogP contribution in [0.4, 0.5) is 5.00 Å². The maximum atomic E-state index is 5.87. The maximum Gasteiger partial charge on any atom is 0.262 e. The van der Waals surface area contributed by atoms with Gasteiger partial charge in [-0.15, -0.1) is 0 Å². The Balaban J connectivity index is 2.33. The van der Waals surface area contributed by atoms with Crippen molar-refractivity contribution in [1.29, 1.82) is 0 Å². The molecule has 2 N–H and O–H groups in total. The highest BCUT2D eigenvalue weighted by Gasteiger charge is 2.24. The molecule has 2 rings (SSSR count). The fourth-order valence-corrected chi connectivity index (χ4v) is 2.50. The highest BCUT2D eigenvalue weighted by atomic mass is 32.1. The van der Waals surface area contributed by atoms with Gasteiger partial charge in [0.2, 0.25) is 5.82 Å². The number of anilines is 1. The van der Waals surface area contributed by atoms with Crippen LogP contribution in [0.25, 0.3) is 11.5 Å². The highest BCUT2D eigenvalue weighted by Crippen LogP contribution is 2.32. The second kappa shape index (κ2) is 5.66. The summed E-state index contributed by atoms with van der Waals surface area (Å²) in [5, 5.41) is 4.59.